The van der Waals surface area contributed by atoms with Crippen molar-refractivity contribution < 1.29 is 19.0 Å². The Kier molecular flexibility index (Phi) is 3.77. The van der Waals surface area contributed by atoms with E-state index >= 15 is 0 Å². The molecule has 0 spiro atoms. The predicted molar refractivity (Wildman–Crippen MR) is 57.2 cm³/mol. The highest BCUT2D eigenvalue weighted by atomic mass is 35.5. The normalized spacial score (nSPS) is 24.3. The van der Waals surface area contributed by atoms with Crippen LogP contribution >= 0.6 is 11.6 Å². The van der Waals surface area contributed by atoms with Gasteiger partial charge in [0.15, 0.2) is 11.9 Å². The fourth-order valence-electron chi connectivity index (χ4n) is 1.31. The van der Waals surface area contributed by atoms with Crippen LogP contribution in [-0.2, 0) is 14.2 Å². The van der Waals surface area contributed by atoms with Crippen molar-refractivity contribution >= 4 is 17.6 Å². The van der Waals surface area contributed by atoms with Gasteiger partial charge in [-0.15, -0.1) is 0 Å². The van der Waals surface area contributed by atoms with Gasteiger partial charge in [0.1, 0.15) is 6.61 Å². The molecule has 0 saturated carbocycles. The van der Waals surface area contributed by atoms with Crippen molar-refractivity contribution in [1.29, 1.82) is 0 Å². The van der Waals surface area contributed by atoms with Gasteiger partial charge in [-0.25, -0.2) is 4.79 Å². The first-order chi connectivity index (χ1) is 7.75. The highest BCUT2D eigenvalue weighted by Gasteiger charge is 2.25. The molecule has 1 aliphatic heterocycles. The summed E-state index contributed by atoms with van der Waals surface area (Å²) in [6.07, 6.45) is -0.560. The molecule has 1 fully saturated rings. The van der Waals surface area contributed by atoms with E-state index < -0.39 is 17.8 Å². The molecule has 0 bridgehead atoms. The molecule has 0 aliphatic carbocycles. The Hall–Kier alpha value is -1.10. The third kappa shape index (κ3) is 2.95. The average Bonchev–Trinajstić information content (AvgIpc) is 2.73. The standard InChI is InChI=1S/C11H11ClO4/c12-9-6-14-10(16-9)7-15-11(13)8-4-2-1-3-5-8/h1-5,9-10H,6-7H2/t9?,10-/m1/s1. The monoisotopic (exact) mass is 242 g/mol. The van der Waals surface area contributed by atoms with Gasteiger partial charge in [0.05, 0.1) is 12.2 Å². The van der Waals surface area contributed by atoms with Gasteiger partial charge >= 0.3 is 5.97 Å². The number of rotatable bonds is 3. The maximum Gasteiger partial charge on any atom is 0.338 e. The molecule has 1 heterocycles. The number of esters is 1. The van der Waals surface area contributed by atoms with Crippen molar-refractivity contribution in [3.05, 3.63) is 35.9 Å². The summed E-state index contributed by atoms with van der Waals surface area (Å²) in [7, 11) is 0. The summed E-state index contributed by atoms with van der Waals surface area (Å²) in [4.78, 5) is 11.5. The summed E-state index contributed by atoms with van der Waals surface area (Å²) in [5.74, 6) is -0.397. The molecule has 2 atom stereocenters. The first kappa shape index (κ1) is 11.4. The highest BCUT2D eigenvalue weighted by Crippen LogP contribution is 2.15. The Labute approximate surface area is 98.1 Å². The van der Waals surface area contributed by atoms with E-state index in [0.717, 1.165) is 0 Å². The molecule has 4 nitrogen and oxygen atoms in total. The first-order valence-corrected chi connectivity index (χ1v) is 5.32. The Morgan fingerprint density at radius 1 is 1.44 bits per heavy atom. The van der Waals surface area contributed by atoms with Crippen LogP contribution in [0.5, 0.6) is 0 Å². The van der Waals surface area contributed by atoms with Gasteiger partial charge in [-0.2, -0.15) is 0 Å². The summed E-state index contributed by atoms with van der Waals surface area (Å²) in [6, 6.07) is 8.74. The van der Waals surface area contributed by atoms with Gasteiger partial charge < -0.3 is 14.2 Å². The average molecular weight is 243 g/mol. The smallest absolute Gasteiger partial charge is 0.338 e. The summed E-state index contributed by atoms with van der Waals surface area (Å²) >= 11 is 5.65. The third-order valence-electron chi connectivity index (χ3n) is 2.07. The van der Waals surface area contributed by atoms with Gasteiger partial charge in [-0.1, -0.05) is 29.8 Å². The molecule has 0 aromatic heterocycles. The second-order valence-electron chi connectivity index (χ2n) is 3.27. The zero-order chi connectivity index (χ0) is 11.4. The minimum Gasteiger partial charge on any atom is -0.457 e. The van der Waals surface area contributed by atoms with Crippen LogP contribution in [0.4, 0.5) is 0 Å². The van der Waals surface area contributed by atoms with Crippen LogP contribution in [0.2, 0.25) is 0 Å². The summed E-state index contributed by atoms with van der Waals surface area (Å²) in [5.41, 5.74) is 0.0448. The predicted octanol–water partition coefficient (Wildman–Crippen LogP) is 1.78. The van der Waals surface area contributed by atoms with Crippen molar-refractivity contribution in [3.63, 3.8) is 0 Å². The molecule has 1 unspecified atom stereocenters. The van der Waals surface area contributed by atoms with Crippen LogP contribution in [0.3, 0.4) is 0 Å². The molecule has 0 amide bonds. The summed E-state index contributed by atoms with van der Waals surface area (Å²) in [5, 5.41) is 0. The van der Waals surface area contributed by atoms with Crippen LogP contribution in [0.1, 0.15) is 10.4 Å². The fourth-order valence-corrected chi connectivity index (χ4v) is 1.50. The van der Waals surface area contributed by atoms with Crippen LogP contribution in [-0.4, -0.2) is 31.0 Å². The molecule has 1 aromatic rings. The van der Waals surface area contributed by atoms with E-state index in [1.54, 1.807) is 24.3 Å². The number of halogens is 1. The number of ether oxygens (including phenoxy) is 3. The number of carbonyl (C=O) groups excluding carboxylic acids is 1. The maximum absolute atomic E-state index is 11.5. The molecular weight excluding hydrogens is 232 g/mol. The van der Waals surface area contributed by atoms with Crippen molar-refractivity contribution in [2.45, 2.75) is 11.9 Å². The Bertz CT molecular complexity index is 354. The molecule has 0 radical (unpaired) electrons. The van der Waals surface area contributed by atoms with Gasteiger partial charge in [-0.3, -0.25) is 0 Å². The lowest BCUT2D eigenvalue weighted by molar-refractivity contribution is -0.0847. The summed E-state index contributed by atoms with van der Waals surface area (Å²) < 4.78 is 15.2. The Morgan fingerprint density at radius 3 is 2.81 bits per heavy atom. The van der Waals surface area contributed by atoms with Crippen LogP contribution in [0, 0.1) is 0 Å². The van der Waals surface area contributed by atoms with E-state index in [-0.39, 0.29) is 6.61 Å². The second kappa shape index (κ2) is 5.30. The lowest BCUT2D eigenvalue weighted by atomic mass is 10.2. The third-order valence-corrected chi connectivity index (χ3v) is 2.30. The van der Waals surface area contributed by atoms with E-state index in [1.807, 2.05) is 6.07 Å². The zero-order valence-corrected chi connectivity index (χ0v) is 9.22. The largest absolute Gasteiger partial charge is 0.457 e. The quantitative estimate of drug-likeness (QED) is 0.599. The molecule has 1 aromatic carbocycles. The van der Waals surface area contributed by atoms with Crippen LogP contribution in [0.25, 0.3) is 0 Å². The highest BCUT2D eigenvalue weighted by molar-refractivity contribution is 6.19. The number of alkyl halides is 1. The second-order valence-corrected chi connectivity index (χ2v) is 3.76. The lowest BCUT2D eigenvalue weighted by Crippen LogP contribution is -2.19. The number of benzene rings is 1. The van der Waals surface area contributed by atoms with E-state index in [1.165, 1.54) is 0 Å². The Balaban J connectivity index is 1.80. The van der Waals surface area contributed by atoms with Crippen molar-refractivity contribution in [3.8, 4) is 0 Å². The van der Waals surface area contributed by atoms with E-state index in [9.17, 15) is 4.79 Å². The van der Waals surface area contributed by atoms with E-state index in [2.05, 4.69) is 0 Å². The van der Waals surface area contributed by atoms with E-state index in [0.29, 0.717) is 12.2 Å². The minimum atomic E-state index is -0.560. The van der Waals surface area contributed by atoms with Crippen molar-refractivity contribution in [2.24, 2.45) is 0 Å². The molecule has 16 heavy (non-hydrogen) atoms. The lowest BCUT2D eigenvalue weighted by Gasteiger charge is -2.09. The van der Waals surface area contributed by atoms with Crippen molar-refractivity contribution in [2.75, 3.05) is 13.2 Å². The SMILES string of the molecule is O=C(OC[C@@H]1OCC(Cl)O1)c1ccccc1. The molecule has 1 aliphatic rings. The number of hydrogen-bond donors (Lipinski definition) is 0. The minimum absolute atomic E-state index is 0.0525. The number of hydrogen-bond acceptors (Lipinski definition) is 4. The molecule has 86 valence electrons. The van der Waals surface area contributed by atoms with Crippen LogP contribution in [0.15, 0.2) is 30.3 Å². The summed E-state index contributed by atoms with van der Waals surface area (Å²) in [6.45, 7) is 0.367. The first-order valence-electron chi connectivity index (χ1n) is 4.89. The van der Waals surface area contributed by atoms with Gasteiger partial charge in [-0.05, 0) is 12.1 Å². The zero-order valence-electron chi connectivity index (χ0n) is 8.47. The molecule has 5 heteroatoms. The number of carbonyl (C=O) groups is 1. The van der Waals surface area contributed by atoms with E-state index in [4.69, 9.17) is 25.8 Å². The Morgan fingerprint density at radius 2 is 2.19 bits per heavy atom. The van der Waals surface area contributed by atoms with Crippen molar-refractivity contribution in [1.82, 2.24) is 0 Å². The molecule has 1 saturated heterocycles. The molecule has 0 N–H and O–H groups in total. The maximum atomic E-state index is 11.5. The topological polar surface area (TPSA) is 44.8 Å². The van der Waals surface area contributed by atoms with Gasteiger partial charge in [0.25, 0.3) is 0 Å². The fraction of sp³-hybridized carbons (Fsp3) is 0.364. The molecule has 2 rings (SSSR count). The van der Waals surface area contributed by atoms with Gasteiger partial charge in [0, 0.05) is 0 Å². The molecular formula is C11H11ClO4. The van der Waals surface area contributed by atoms with Gasteiger partial charge in [0.2, 0.25) is 0 Å². The van der Waals surface area contributed by atoms with Crippen LogP contribution < -0.4 is 0 Å².